The van der Waals surface area contributed by atoms with E-state index in [9.17, 15) is 0 Å². The second kappa shape index (κ2) is 2.90. The van der Waals surface area contributed by atoms with Crippen molar-refractivity contribution in [2.45, 2.75) is 25.2 Å². The second-order valence-electron chi connectivity index (χ2n) is 3.53. The van der Waals surface area contributed by atoms with E-state index in [0.717, 1.165) is 13.0 Å². The van der Waals surface area contributed by atoms with E-state index >= 15 is 0 Å². The van der Waals surface area contributed by atoms with Gasteiger partial charge in [0.1, 0.15) is 0 Å². The predicted octanol–water partition coefficient (Wildman–Crippen LogP) is 0.799. The molecule has 3 heteroatoms. The van der Waals surface area contributed by atoms with Gasteiger partial charge in [-0.15, -0.1) is 0 Å². The molecule has 1 aliphatic rings. The Balaban J connectivity index is 2.22. The Kier molecular flexibility index (Phi) is 1.89. The van der Waals surface area contributed by atoms with Crippen molar-refractivity contribution in [1.29, 1.82) is 0 Å². The van der Waals surface area contributed by atoms with E-state index in [1.807, 2.05) is 11.7 Å². The third-order valence-corrected chi connectivity index (χ3v) is 2.60. The lowest BCUT2D eigenvalue weighted by atomic mass is 10.0. The fourth-order valence-electron chi connectivity index (χ4n) is 2.04. The average molecular weight is 165 g/mol. The molecule has 0 aliphatic heterocycles. The van der Waals surface area contributed by atoms with Gasteiger partial charge in [-0.3, -0.25) is 4.68 Å². The summed E-state index contributed by atoms with van der Waals surface area (Å²) in [6.45, 7) is 0.778. The van der Waals surface area contributed by atoms with Gasteiger partial charge in [-0.25, -0.2) is 0 Å². The van der Waals surface area contributed by atoms with Gasteiger partial charge in [0, 0.05) is 19.2 Å². The minimum atomic E-state index is 0.631. The predicted molar refractivity (Wildman–Crippen MR) is 47.9 cm³/mol. The number of hydrogen-bond donors (Lipinski definition) is 1. The number of nitrogens with two attached hydrogens (primary N) is 1. The number of aromatic nitrogens is 2. The zero-order valence-corrected chi connectivity index (χ0v) is 7.45. The molecule has 0 bridgehead atoms. The first-order valence-corrected chi connectivity index (χ1v) is 4.53. The first-order chi connectivity index (χ1) is 5.81. The normalized spacial score (nSPS) is 21.3. The van der Waals surface area contributed by atoms with Gasteiger partial charge in [0.2, 0.25) is 0 Å². The topological polar surface area (TPSA) is 43.8 Å². The number of hydrogen-bond acceptors (Lipinski definition) is 2. The largest absolute Gasteiger partial charge is 0.330 e. The molecule has 1 unspecified atom stereocenters. The van der Waals surface area contributed by atoms with Crippen LogP contribution in [0.25, 0.3) is 0 Å². The van der Waals surface area contributed by atoms with Gasteiger partial charge in [0.25, 0.3) is 0 Å². The molecule has 0 aromatic carbocycles. The van der Waals surface area contributed by atoms with Crippen LogP contribution in [0.2, 0.25) is 0 Å². The highest BCUT2D eigenvalue weighted by Crippen LogP contribution is 2.33. The van der Waals surface area contributed by atoms with Crippen LogP contribution >= 0.6 is 0 Å². The fourth-order valence-corrected chi connectivity index (χ4v) is 2.04. The lowest BCUT2D eigenvalue weighted by molar-refractivity contribution is 0.591. The van der Waals surface area contributed by atoms with Gasteiger partial charge < -0.3 is 5.73 Å². The van der Waals surface area contributed by atoms with Gasteiger partial charge in [-0.2, -0.15) is 5.10 Å². The SMILES string of the molecule is Cn1cc2c(n1)C(CCN)CC2. The molecule has 1 atom stereocenters. The summed E-state index contributed by atoms with van der Waals surface area (Å²) >= 11 is 0. The summed E-state index contributed by atoms with van der Waals surface area (Å²) in [6.07, 6.45) is 5.65. The molecule has 0 amide bonds. The highest BCUT2D eigenvalue weighted by atomic mass is 15.3. The summed E-state index contributed by atoms with van der Waals surface area (Å²) in [5.74, 6) is 0.631. The van der Waals surface area contributed by atoms with Gasteiger partial charge in [-0.05, 0) is 31.4 Å². The molecule has 1 aromatic rings. The van der Waals surface area contributed by atoms with Crippen LogP contribution in [0.5, 0.6) is 0 Å². The first-order valence-electron chi connectivity index (χ1n) is 4.53. The van der Waals surface area contributed by atoms with Crippen molar-refractivity contribution in [2.24, 2.45) is 12.8 Å². The quantitative estimate of drug-likeness (QED) is 0.704. The molecular formula is C9H15N3. The highest BCUT2D eigenvalue weighted by molar-refractivity contribution is 5.26. The highest BCUT2D eigenvalue weighted by Gasteiger charge is 2.24. The van der Waals surface area contributed by atoms with Crippen LogP contribution in [-0.4, -0.2) is 16.3 Å². The molecule has 2 N–H and O–H groups in total. The van der Waals surface area contributed by atoms with Gasteiger partial charge in [0.15, 0.2) is 0 Å². The van der Waals surface area contributed by atoms with Crippen molar-refractivity contribution >= 4 is 0 Å². The molecule has 0 saturated heterocycles. The summed E-state index contributed by atoms with van der Waals surface area (Å²) in [5, 5.41) is 4.45. The van der Waals surface area contributed by atoms with Crippen molar-refractivity contribution in [3.63, 3.8) is 0 Å². The summed E-state index contributed by atoms with van der Waals surface area (Å²) in [6, 6.07) is 0. The Bertz CT molecular complexity index is 277. The van der Waals surface area contributed by atoms with Crippen molar-refractivity contribution in [3.8, 4) is 0 Å². The maximum absolute atomic E-state index is 5.54. The van der Waals surface area contributed by atoms with E-state index in [1.54, 1.807) is 0 Å². The van der Waals surface area contributed by atoms with Crippen LogP contribution in [-0.2, 0) is 13.5 Å². The minimum absolute atomic E-state index is 0.631. The molecule has 2 rings (SSSR count). The number of fused-ring (bicyclic) bond motifs is 1. The van der Waals surface area contributed by atoms with Crippen LogP contribution in [0.3, 0.4) is 0 Å². The average Bonchev–Trinajstić information content (AvgIpc) is 2.52. The monoisotopic (exact) mass is 165 g/mol. The van der Waals surface area contributed by atoms with E-state index in [-0.39, 0.29) is 0 Å². The van der Waals surface area contributed by atoms with Crippen molar-refractivity contribution in [3.05, 3.63) is 17.5 Å². The van der Waals surface area contributed by atoms with Crippen LogP contribution in [0.15, 0.2) is 6.20 Å². The van der Waals surface area contributed by atoms with E-state index in [1.165, 1.54) is 24.1 Å². The molecule has 1 heterocycles. The summed E-state index contributed by atoms with van der Waals surface area (Å²) in [7, 11) is 1.98. The number of rotatable bonds is 2. The second-order valence-corrected chi connectivity index (χ2v) is 3.53. The van der Waals surface area contributed by atoms with Crippen molar-refractivity contribution < 1.29 is 0 Å². The minimum Gasteiger partial charge on any atom is -0.330 e. The van der Waals surface area contributed by atoms with Gasteiger partial charge >= 0.3 is 0 Å². The summed E-state index contributed by atoms with van der Waals surface area (Å²) in [5.41, 5.74) is 8.26. The Labute approximate surface area is 72.6 Å². The maximum Gasteiger partial charge on any atom is 0.0687 e. The van der Waals surface area contributed by atoms with Crippen LogP contribution in [0.4, 0.5) is 0 Å². The third-order valence-electron chi connectivity index (χ3n) is 2.60. The number of aryl methyl sites for hydroxylation is 2. The molecule has 3 nitrogen and oxygen atoms in total. The maximum atomic E-state index is 5.54. The zero-order chi connectivity index (χ0) is 8.55. The van der Waals surface area contributed by atoms with E-state index < -0.39 is 0 Å². The molecular weight excluding hydrogens is 150 g/mol. The summed E-state index contributed by atoms with van der Waals surface area (Å²) in [4.78, 5) is 0. The third kappa shape index (κ3) is 1.14. The van der Waals surface area contributed by atoms with Gasteiger partial charge in [0.05, 0.1) is 5.69 Å². The van der Waals surface area contributed by atoms with Gasteiger partial charge in [-0.1, -0.05) is 0 Å². The Morgan fingerprint density at radius 1 is 1.75 bits per heavy atom. The summed E-state index contributed by atoms with van der Waals surface area (Å²) < 4.78 is 1.91. The molecule has 0 saturated carbocycles. The zero-order valence-electron chi connectivity index (χ0n) is 7.45. The lowest BCUT2D eigenvalue weighted by Crippen LogP contribution is -2.06. The van der Waals surface area contributed by atoms with Crippen LogP contribution in [0.1, 0.15) is 30.0 Å². The Morgan fingerprint density at radius 3 is 3.33 bits per heavy atom. The van der Waals surface area contributed by atoms with E-state index in [2.05, 4.69) is 11.3 Å². The van der Waals surface area contributed by atoms with Crippen LogP contribution < -0.4 is 5.73 Å². The molecule has 1 aliphatic carbocycles. The van der Waals surface area contributed by atoms with E-state index in [0.29, 0.717) is 5.92 Å². The van der Waals surface area contributed by atoms with Crippen molar-refractivity contribution in [1.82, 2.24) is 9.78 Å². The van der Waals surface area contributed by atoms with Crippen molar-refractivity contribution in [2.75, 3.05) is 6.54 Å². The fraction of sp³-hybridized carbons (Fsp3) is 0.667. The van der Waals surface area contributed by atoms with Crippen LogP contribution in [0, 0.1) is 0 Å². The molecule has 66 valence electrons. The molecule has 1 aromatic heterocycles. The lowest BCUT2D eigenvalue weighted by Gasteiger charge is -2.05. The number of nitrogens with zero attached hydrogens (tertiary/aromatic N) is 2. The smallest absolute Gasteiger partial charge is 0.0687 e. The Morgan fingerprint density at radius 2 is 2.58 bits per heavy atom. The molecule has 0 spiro atoms. The van der Waals surface area contributed by atoms with E-state index in [4.69, 9.17) is 5.73 Å². The Hall–Kier alpha value is -0.830. The first kappa shape index (κ1) is 7.80. The molecule has 0 fully saturated rings. The standard InChI is InChI=1S/C9H15N3/c1-12-6-8-3-2-7(4-5-10)9(8)11-12/h6-7H,2-5,10H2,1H3. The molecule has 12 heavy (non-hydrogen) atoms. The molecule has 0 radical (unpaired) electrons.